The van der Waals surface area contributed by atoms with Gasteiger partial charge in [0.25, 0.3) is 0 Å². The summed E-state index contributed by atoms with van der Waals surface area (Å²) in [5.74, 6) is -0.300. The molecule has 6 nitrogen and oxygen atoms in total. The summed E-state index contributed by atoms with van der Waals surface area (Å²) in [6, 6.07) is 5.34. The number of anilines is 1. The number of hydrogen-bond acceptors (Lipinski definition) is 4. The van der Waals surface area contributed by atoms with E-state index in [1.165, 1.54) is 26.2 Å². The number of rotatable bonds is 4. The van der Waals surface area contributed by atoms with Crippen molar-refractivity contribution in [3.05, 3.63) is 24.3 Å². The summed E-state index contributed by atoms with van der Waals surface area (Å²) in [6.07, 6.45) is 0. The SMILES string of the molecule is CN(C)S(=O)(=O)c1ccc(NC(=O)[C@H](N)C(C)(C)C)cc1. The maximum Gasteiger partial charge on any atom is 0.242 e. The lowest BCUT2D eigenvalue weighted by Gasteiger charge is -2.25. The monoisotopic (exact) mass is 313 g/mol. The Kier molecular flexibility index (Phi) is 5.14. The van der Waals surface area contributed by atoms with E-state index in [1.807, 2.05) is 20.8 Å². The minimum absolute atomic E-state index is 0.172. The Bertz CT molecular complexity index is 601. The van der Waals surface area contributed by atoms with E-state index in [-0.39, 0.29) is 16.2 Å². The van der Waals surface area contributed by atoms with Crippen LogP contribution in [0, 0.1) is 5.41 Å². The van der Waals surface area contributed by atoms with Crippen LogP contribution in [0.5, 0.6) is 0 Å². The molecule has 1 rings (SSSR count). The molecular formula is C14H23N3O3S. The number of carbonyl (C=O) groups excluding carboxylic acids is 1. The van der Waals surface area contributed by atoms with Crippen LogP contribution in [0.2, 0.25) is 0 Å². The standard InChI is InChI=1S/C14H23N3O3S/c1-14(2,3)12(15)13(18)16-10-6-8-11(9-7-10)21(19,20)17(4)5/h6-9,12H,15H2,1-5H3,(H,16,18)/t12-/m0/s1. The van der Waals surface area contributed by atoms with Crippen molar-refractivity contribution in [3.8, 4) is 0 Å². The second-order valence-corrected chi connectivity index (χ2v) is 8.30. The van der Waals surface area contributed by atoms with Gasteiger partial charge in [-0.2, -0.15) is 0 Å². The van der Waals surface area contributed by atoms with Crippen LogP contribution in [0.4, 0.5) is 5.69 Å². The fourth-order valence-corrected chi connectivity index (χ4v) is 2.44. The van der Waals surface area contributed by atoms with Crippen LogP contribution in [0.15, 0.2) is 29.2 Å². The molecule has 7 heteroatoms. The van der Waals surface area contributed by atoms with E-state index < -0.39 is 16.1 Å². The van der Waals surface area contributed by atoms with Gasteiger partial charge in [-0.05, 0) is 29.7 Å². The summed E-state index contributed by atoms with van der Waals surface area (Å²) in [6.45, 7) is 5.64. The predicted molar refractivity (Wildman–Crippen MR) is 83.4 cm³/mol. The van der Waals surface area contributed by atoms with Gasteiger partial charge in [0, 0.05) is 19.8 Å². The van der Waals surface area contributed by atoms with Crippen molar-refractivity contribution in [1.29, 1.82) is 0 Å². The van der Waals surface area contributed by atoms with Crippen molar-refractivity contribution < 1.29 is 13.2 Å². The van der Waals surface area contributed by atoms with Gasteiger partial charge >= 0.3 is 0 Å². The van der Waals surface area contributed by atoms with Crippen LogP contribution in [-0.4, -0.2) is 38.8 Å². The minimum atomic E-state index is -3.47. The Labute approximate surface area is 126 Å². The van der Waals surface area contributed by atoms with Crippen LogP contribution < -0.4 is 11.1 Å². The molecule has 0 fully saturated rings. The zero-order valence-electron chi connectivity index (χ0n) is 13.0. The number of carbonyl (C=O) groups is 1. The molecule has 0 saturated carbocycles. The van der Waals surface area contributed by atoms with Gasteiger partial charge in [0.2, 0.25) is 15.9 Å². The molecule has 118 valence electrons. The first-order valence-corrected chi connectivity index (χ1v) is 7.99. The quantitative estimate of drug-likeness (QED) is 0.875. The Balaban J connectivity index is 2.88. The summed E-state index contributed by atoms with van der Waals surface area (Å²) in [7, 11) is -0.534. The van der Waals surface area contributed by atoms with Crippen LogP contribution in [0.3, 0.4) is 0 Å². The number of nitrogens with zero attached hydrogens (tertiary/aromatic N) is 1. The molecule has 21 heavy (non-hydrogen) atoms. The molecule has 0 aliphatic heterocycles. The minimum Gasteiger partial charge on any atom is -0.325 e. The van der Waals surface area contributed by atoms with Crippen molar-refractivity contribution in [1.82, 2.24) is 4.31 Å². The highest BCUT2D eigenvalue weighted by Crippen LogP contribution is 2.20. The van der Waals surface area contributed by atoms with Crippen LogP contribution in [0.25, 0.3) is 0 Å². The first-order valence-electron chi connectivity index (χ1n) is 6.55. The van der Waals surface area contributed by atoms with Crippen LogP contribution in [-0.2, 0) is 14.8 Å². The third-order valence-corrected chi connectivity index (χ3v) is 4.95. The summed E-state index contributed by atoms with van der Waals surface area (Å²) in [5.41, 5.74) is 6.03. The van der Waals surface area contributed by atoms with E-state index in [0.717, 1.165) is 4.31 Å². The van der Waals surface area contributed by atoms with Crippen molar-refractivity contribution in [2.24, 2.45) is 11.1 Å². The summed E-state index contributed by atoms with van der Waals surface area (Å²) in [5, 5.41) is 2.68. The van der Waals surface area contributed by atoms with Crippen LogP contribution >= 0.6 is 0 Å². The number of nitrogens with one attached hydrogen (secondary N) is 1. The van der Waals surface area contributed by atoms with Crippen molar-refractivity contribution in [2.45, 2.75) is 31.7 Å². The lowest BCUT2D eigenvalue weighted by molar-refractivity contribution is -0.119. The molecule has 3 N–H and O–H groups in total. The van der Waals surface area contributed by atoms with E-state index in [0.29, 0.717) is 5.69 Å². The molecule has 1 amide bonds. The number of sulfonamides is 1. The van der Waals surface area contributed by atoms with Gasteiger partial charge in [-0.3, -0.25) is 4.79 Å². The van der Waals surface area contributed by atoms with Gasteiger partial charge in [0.15, 0.2) is 0 Å². The summed E-state index contributed by atoms with van der Waals surface area (Å²) >= 11 is 0. The predicted octanol–water partition coefficient (Wildman–Crippen LogP) is 1.25. The van der Waals surface area contributed by atoms with Crippen LogP contribution in [0.1, 0.15) is 20.8 Å². The average Bonchev–Trinajstić information content (AvgIpc) is 2.37. The van der Waals surface area contributed by atoms with Gasteiger partial charge in [-0.1, -0.05) is 20.8 Å². The third kappa shape index (κ3) is 4.26. The Morgan fingerprint density at radius 3 is 2.05 bits per heavy atom. The molecule has 0 unspecified atom stereocenters. The molecule has 0 bridgehead atoms. The molecule has 0 aliphatic carbocycles. The number of amides is 1. The van der Waals surface area contributed by atoms with Gasteiger partial charge in [0.05, 0.1) is 10.9 Å². The van der Waals surface area contributed by atoms with Crippen molar-refractivity contribution in [3.63, 3.8) is 0 Å². The zero-order valence-corrected chi connectivity index (χ0v) is 13.9. The molecule has 1 aromatic rings. The lowest BCUT2D eigenvalue weighted by Crippen LogP contribution is -2.45. The number of benzene rings is 1. The van der Waals surface area contributed by atoms with Crippen molar-refractivity contribution in [2.75, 3.05) is 19.4 Å². The zero-order chi connectivity index (χ0) is 16.4. The Morgan fingerprint density at radius 1 is 1.19 bits per heavy atom. The van der Waals surface area contributed by atoms with E-state index in [2.05, 4.69) is 5.32 Å². The first kappa shape index (κ1) is 17.6. The van der Waals surface area contributed by atoms with E-state index in [1.54, 1.807) is 12.1 Å². The number of nitrogens with two attached hydrogens (primary N) is 1. The van der Waals surface area contributed by atoms with Gasteiger partial charge < -0.3 is 11.1 Å². The second-order valence-electron chi connectivity index (χ2n) is 6.14. The molecule has 1 aromatic carbocycles. The highest BCUT2D eigenvalue weighted by molar-refractivity contribution is 7.89. The molecule has 0 saturated heterocycles. The fourth-order valence-electron chi connectivity index (χ4n) is 1.53. The van der Waals surface area contributed by atoms with E-state index >= 15 is 0 Å². The van der Waals surface area contributed by atoms with E-state index in [9.17, 15) is 13.2 Å². The van der Waals surface area contributed by atoms with Gasteiger partial charge in [0.1, 0.15) is 0 Å². The molecule has 0 aromatic heterocycles. The summed E-state index contributed by atoms with van der Waals surface area (Å²) < 4.78 is 25.0. The smallest absolute Gasteiger partial charge is 0.242 e. The van der Waals surface area contributed by atoms with Crippen molar-refractivity contribution >= 4 is 21.6 Å². The lowest BCUT2D eigenvalue weighted by atomic mass is 9.87. The molecule has 0 radical (unpaired) electrons. The molecule has 1 atom stereocenters. The largest absolute Gasteiger partial charge is 0.325 e. The molecular weight excluding hydrogens is 290 g/mol. The summed E-state index contributed by atoms with van der Waals surface area (Å²) in [4.78, 5) is 12.2. The van der Waals surface area contributed by atoms with Gasteiger partial charge in [-0.25, -0.2) is 12.7 Å². The Hall–Kier alpha value is -1.44. The molecule has 0 spiro atoms. The molecule has 0 aliphatic rings. The van der Waals surface area contributed by atoms with Gasteiger partial charge in [-0.15, -0.1) is 0 Å². The highest BCUT2D eigenvalue weighted by atomic mass is 32.2. The van der Waals surface area contributed by atoms with E-state index in [4.69, 9.17) is 5.73 Å². The molecule has 0 heterocycles. The second kappa shape index (κ2) is 6.13. The fraction of sp³-hybridized carbons (Fsp3) is 0.500. The Morgan fingerprint density at radius 2 is 1.67 bits per heavy atom. The average molecular weight is 313 g/mol. The maximum absolute atomic E-state index is 12.0. The highest BCUT2D eigenvalue weighted by Gasteiger charge is 2.27. The maximum atomic E-state index is 12.0. The third-order valence-electron chi connectivity index (χ3n) is 3.12. The normalized spacial score (nSPS) is 14.0. The topological polar surface area (TPSA) is 92.5 Å². The first-order chi connectivity index (χ1) is 9.46. The number of hydrogen-bond donors (Lipinski definition) is 2.